The van der Waals surface area contributed by atoms with E-state index in [-0.39, 0.29) is 16.8 Å². The maximum Gasteiger partial charge on any atom is 0.305 e. The number of Topliss-reactive ketones (excluding diaryl/α,β-unsaturated/α-hetero) is 1. The quantitative estimate of drug-likeness (QED) is 0.165. The molecular formula is C24H43ClO5Si. The molecule has 0 aliphatic heterocycles. The first-order chi connectivity index (χ1) is 14.6. The Morgan fingerprint density at radius 2 is 1.74 bits per heavy atom. The molecule has 0 aromatic rings. The number of methoxy groups -OCH3 is 1. The molecule has 0 aromatic heterocycles. The second kappa shape index (κ2) is 13.8. The van der Waals surface area contributed by atoms with Crippen LogP contribution in [0.2, 0.25) is 19.6 Å². The van der Waals surface area contributed by atoms with E-state index in [0.717, 1.165) is 25.7 Å². The van der Waals surface area contributed by atoms with Crippen molar-refractivity contribution >= 4 is 31.7 Å². The van der Waals surface area contributed by atoms with Gasteiger partial charge in [-0.25, -0.2) is 0 Å². The van der Waals surface area contributed by atoms with E-state index >= 15 is 0 Å². The van der Waals surface area contributed by atoms with E-state index in [1.807, 2.05) is 0 Å². The van der Waals surface area contributed by atoms with Crippen LogP contribution in [-0.2, 0) is 18.8 Å². The molecule has 0 bridgehead atoms. The molecule has 3 unspecified atom stereocenters. The van der Waals surface area contributed by atoms with E-state index in [9.17, 15) is 14.7 Å². The van der Waals surface area contributed by atoms with Crippen LogP contribution in [0.25, 0.3) is 0 Å². The highest BCUT2D eigenvalue weighted by atomic mass is 35.5. The minimum atomic E-state index is -2.00. The van der Waals surface area contributed by atoms with Crippen molar-refractivity contribution in [3.05, 3.63) is 11.1 Å². The Labute approximate surface area is 195 Å². The highest BCUT2D eigenvalue weighted by molar-refractivity contribution is 6.70. The number of halogens is 1. The van der Waals surface area contributed by atoms with Crippen LogP contribution in [0.1, 0.15) is 84.0 Å². The lowest BCUT2D eigenvalue weighted by molar-refractivity contribution is -0.140. The van der Waals surface area contributed by atoms with Gasteiger partial charge in [-0.3, -0.25) is 9.59 Å². The number of unbranched alkanes of at least 4 members (excludes halogenated alkanes) is 7. The average Bonchev–Trinajstić information content (AvgIpc) is 2.92. The zero-order chi connectivity index (χ0) is 23.5. The Morgan fingerprint density at radius 1 is 1.13 bits per heavy atom. The fourth-order valence-corrected chi connectivity index (χ4v) is 6.17. The minimum Gasteiger partial charge on any atom is -0.469 e. The van der Waals surface area contributed by atoms with Crippen LogP contribution >= 0.6 is 11.6 Å². The smallest absolute Gasteiger partial charge is 0.305 e. The predicted octanol–water partition coefficient (Wildman–Crippen LogP) is 6.13. The summed E-state index contributed by atoms with van der Waals surface area (Å²) in [5.74, 6) is -1.07. The topological polar surface area (TPSA) is 72.8 Å². The average molecular weight is 475 g/mol. The number of ketones is 1. The van der Waals surface area contributed by atoms with Crippen LogP contribution < -0.4 is 0 Å². The lowest BCUT2D eigenvalue weighted by Gasteiger charge is -2.41. The first-order valence-electron chi connectivity index (χ1n) is 11.9. The molecule has 180 valence electrons. The Bertz CT molecular complexity index is 601. The summed E-state index contributed by atoms with van der Waals surface area (Å²) in [6.07, 6.45) is 11.7. The van der Waals surface area contributed by atoms with Gasteiger partial charge in [0.05, 0.1) is 29.8 Å². The summed E-state index contributed by atoms with van der Waals surface area (Å²) in [4.78, 5) is 24.2. The summed E-state index contributed by atoms with van der Waals surface area (Å²) in [5.41, 5.74) is -0.811. The molecular weight excluding hydrogens is 432 g/mol. The lowest BCUT2D eigenvalue weighted by Crippen LogP contribution is -2.50. The number of carbonyl (C=O) groups is 2. The van der Waals surface area contributed by atoms with Crippen LogP contribution in [0, 0.1) is 5.92 Å². The SMILES string of the molecule is CCCCCCCCC1(O[Si](C)(C)C)C=C(Cl)C(=O)C1C(O)CCCCCC(=O)OC. The van der Waals surface area contributed by atoms with E-state index in [2.05, 4.69) is 31.3 Å². The van der Waals surface area contributed by atoms with Gasteiger partial charge in [-0.1, -0.05) is 69.9 Å². The molecule has 0 fully saturated rings. The highest BCUT2D eigenvalue weighted by Crippen LogP contribution is 2.44. The van der Waals surface area contributed by atoms with Crippen molar-refractivity contribution in [3.8, 4) is 0 Å². The molecule has 1 rings (SSSR count). The van der Waals surface area contributed by atoms with Gasteiger partial charge in [0, 0.05) is 6.42 Å². The van der Waals surface area contributed by atoms with Gasteiger partial charge in [0.2, 0.25) is 0 Å². The molecule has 0 amide bonds. The Morgan fingerprint density at radius 3 is 2.35 bits per heavy atom. The number of carbonyl (C=O) groups excluding carboxylic acids is 2. The fraction of sp³-hybridized carbons (Fsp3) is 0.833. The van der Waals surface area contributed by atoms with E-state index in [1.54, 1.807) is 6.08 Å². The van der Waals surface area contributed by atoms with Gasteiger partial charge < -0.3 is 14.3 Å². The van der Waals surface area contributed by atoms with Crippen molar-refractivity contribution in [2.24, 2.45) is 5.92 Å². The molecule has 1 aliphatic rings. The van der Waals surface area contributed by atoms with Crippen molar-refractivity contribution in [2.75, 3.05) is 7.11 Å². The molecule has 0 radical (unpaired) electrons. The summed E-state index contributed by atoms with van der Waals surface area (Å²) < 4.78 is 11.3. The number of aliphatic hydroxyl groups excluding tert-OH is 1. The summed E-state index contributed by atoms with van der Waals surface area (Å²) in [7, 11) is -0.616. The molecule has 0 heterocycles. The maximum absolute atomic E-state index is 13.0. The molecule has 0 saturated heterocycles. The van der Waals surface area contributed by atoms with Crippen LogP contribution in [0.4, 0.5) is 0 Å². The number of ether oxygens (including phenoxy) is 1. The second-order valence-electron chi connectivity index (χ2n) is 9.76. The van der Waals surface area contributed by atoms with Gasteiger partial charge in [-0.05, 0) is 45.0 Å². The Kier molecular flexibility index (Phi) is 12.6. The summed E-state index contributed by atoms with van der Waals surface area (Å²) in [6.45, 7) is 8.53. The summed E-state index contributed by atoms with van der Waals surface area (Å²) in [6, 6.07) is 0. The predicted molar refractivity (Wildman–Crippen MR) is 129 cm³/mol. The number of allylic oxidation sites excluding steroid dienone is 1. The number of aliphatic hydroxyl groups is 1. The lowest BCUT2D eigenvalue weighted by atomic mass is 9.80. The Hall–Kier alpha value is -0.693. The van der Waals surface area contributed by atoms with Crippen molar-refractivity contribution < 1.29 is 23.9 Å². The normalized spacial score (nSPS) is 22.5. The Balaban J connectivity index is 2.81. The molecule has 0 spiro atoms. The number of hydrogen-bond acceptors (Lipinski definition) is 5. The molecule has 5 nitrogen and oxygen atoms in total. The largest absolute Gasteiger partial charge is 0.469 e. The van der Waals surface area contributed by atoms with E-state index in [1.165, 1.54) is 32.8 Å². The molecule has 1 aliphatic carbocycles. The third-order valence-electron chi connectivity index (χ3n) is 5.83. The minimum absolute atomic E-state index is 0.193. The molecule has 3 atom stereocenters. The number of hydrogen-bond donors (Lipinski definition) is 1. The maximum atomic E-state index is 13.0. The van der Waals surface area contributed by atoms with Crippen LogP contribution in [-0.4, -0.2) is 44.0 Å². The van der Waals surface area contributed by atoms with Gasteiger partial charge in [0.1, 0.15) is 0 Å². The molecule has 0 aromatic carbocycles. The van der Waals surface area contributed by atoms with E-state index in [4.69, 9.17) is 16.0 Å². The van der Waals surface area contributed by atoms with Crippen molar-refractivity contribution in [1.29, 1.82) is 0 Å². The fourth-order valence-electron chi connectivity index (χ4n) is 4.44. The van der Waals surface area contributed by atoms with Crippen LogP contribution in [0.3, 0.4) is 0 Å². The van der Waals surface area contributed by atoms with Gasteiger partial charge in [-0.2, -0.15) is 0 Å². The monoisotopic (exact) mass is 474 g/mol. The van der Waals surface area contributed by atoms with Crippen molar-refractivity contribution in [1.82, 2.24) is 0 Å². The number of rotatable bonds is 16. The van der Waals surface area contributed by atoms with Gasteiger partial charge in [-0.15, -0.1) is 0 Å². The first-order valence-corrected chi connectivity index (χ1v) is 15.7. The standard InChI is InChI=1S/C24H43ClO5Si/c1-6-7-8-9-10-14-17-24(30-31(3,4)5)18-19(25)23(28)22(24)20(26)15-12-11-13-16-21(27)29-2/h18,20,22,26H,6-17H2,1-5H3. The second-order valence-corrected chi connectivity index (χ2v) is 14.6. The van der Waals surface area contributed by atoms with Crippen molar-refractivity contribution in [3.63, 3.8) is 0 Å². The zero-order valence-corrected chi connectivity index (χ0v) is 21.9. The summed E-state index contributed by atoms with van der Waals surface area (Å²) in [5, 5.41) is 11.2. The van der Waals surface area contributed by atoms with Gasteiger partial charge in [0.15, 0.2) is 14.1 Å². The van der Waals surface area contributed by atoms with Crippen LogP contribution in [0.5, 0.6) is 0 Å². The van der Waals surface area contributed by atoms with Gasteiger partial charge >= 0.3 is 5.97 Å². The molecule has 1 N–H and O–H groups in total. The third-order valence-corrected chi connectivity index (χ3v) is 7.11. The first kappa shape index (κ1) is 28.3. The highest BCUT2D eigenvalue weighted by Gasteiger charge is 2.52. The van der Waals surface area contributed by atoms with E-state index < -0.39 is 25.9 Å². The van der Waals surface area contributed by atoms with Crippen molar-refractivity contribution in [2.45, 2.75) is 115 Å². The van der Waals surface area contributed by atoms with E-state index in [0.29, 0.717) is 25.7 Å². The molecule has 0 saturated carbocycles. The molecule has 7 heteroatoms. The van der Waals surface area contributed by atoms with Gasteiger partial charge in [0.25, 0.3) is 0 Å². The molecule has 31 heavy (non-hydrogen) atoms. The zero-order valence-electron chi connectivity index (χ0n) is 20.2. The summed E-state index contributed by atoms with van der Waals surface area (Å²) >= 11 is 6.32. The third kappa shape index (κ3) is 9.76. The van der Waals surface area contributed by atoms with Crippen LogP contribution in [0.15, 0.2) is 11.1 Å². The number of esters is 1.